The Kier molecular flexibility index (Phi) is 5.94. The molecule has 0 spiro atoms. The van der Waals surface area contributed by atoms with Crippen LogP contribution >= 0.6 is 11.6 Å². The fourth-order valence-corrected chi connectivity index (χ4v) is 4.98. The van der Waals surface area contributed by atoms with E-state index in [-0.39, 0.29) is 12.7 Å². The number of aliphatic hydroxyl groups is 1. The molecule has 1 N–H and O–H groups in total. The summed E-state index contributed by atoms with van der Waals surface area (Å²) in [6, 6.07) is 16.1. The molecule has 0 atom stereocenters. The highest BCUT2D eigenvalue weighted by atomic mass is 35.5. The van der Waals surface area contributed by atoms with Crippen LogP contribution in [0.3, 0.4) is 0 Å². The maximum Gasteiger partial charge on any atom is 0.151 e. The summed E-state index contributed by atoms with van der Waals surface area (Å²) < 4.78 is 8.40. The Hall–Kier alpha value is -2.41. The number of benzene rings is 2. The number of nitrogens with zero attached hydrogens (tertiary/aromatic N) is 4. The molecule has 2 aromatic carbocycles. The number of β-amino-alcohol motifs (C(OH)–C–C–N with tert-alkyl or cyclic N) is 1. The van der Waals surface area contributed by atoms with Crippen molar-refractivity contribution < 1.29 is 9.84 Å². The predicted molar refractivity (Wildman–Crippen MR) is 120 cm³/mol. The van der Waals surface area contributed by atoms with Crippen molar-refractivity contribution in [3.8, 4) is 11.4 Å². The third-order valence-corrected chi connectivity index (χ3v) is 6.53. The van der Waals surface area contributed by atoms with Gasteiger partial charge in [0.05, 0.1) is 24.9 Å². The molecule has 1 aromatic heterocycles. The first-order valence-corrected chi connectivity index (χ1v) is 11.4. The molecule has 2 heterocycles. The number of para-hydroxylation sites is 1. The van der Waals surface area contributed by atoms with Crippen LogP contribution in [0.2, 0.25) is 5.02 Å². The van der Waals surface area contributed by atoms with E-state index in [9.17, 15) is 5.11 Å². The van der Waals surface area contributed by atoms with Gasteiger partial charge in [0, 0.05) is 24.0 Å². The van der Waals surface area contributed by atoms with Crippen molar-refractivity contribution in [2.24, 2.45) is 0 Å². The van der Waals surface area contributed by atoms with Gasteiger partial charge in [-0.2, -0.15) is 0 Å². The summed E-state index contributed by atoms with van der Waals surface area (Å²) in [7, 11) is 0. The molecule has 1 aliphatic heterocycles. The molecule has 1 fully saturated rings. The monoisotopic (exact) mass is 438 g/mol. The van der Waals surface area contributed by atoms with Gasteiger partial charge < -0.3 is 9.84 Å². The van der Waals surface area contributed by atoms with Crippen molar-refractivity contribution in [1.29, 1.82) is 0 Å². The molecule has 3 aromatic rings. The molecule has 7 heteroatoms. The first-order valence-electron chi connectivity index (χ1n) is 11.0. The Bertz CT molecular complexity index is 1030. The van der Waals surface area contributed by atoms with Crippen LogP contribution in [0.25, 0.3) is 5.69 Å². The molecule has 0 bridgehead atoms. The zero-order chi connectivity index (χ0) is 21.2. The summed E-state index contributed by atoms with van der Waals surface area (Å²) in [6.07, 6.45) is 4.31. The number of hydrogen-bond acceptors (Lipinski definition) is 5. The van der Waals surface area contributed by atoms with Gasteiger partial charge in [0.15, 0.2) is 5.82 Å². The van der Waals surface area contributed by atoms with Crippen molar-refractivity contribution in [2.45, 2.75) is 50.8 Å². The second-order valence-electron chi connectivity index (χ2n) is 8.42. The zero-order valence-corrected chi connectivity index (χ0v) is 18.2. The molecule has 0 amide bonds. The van der Waals surface area contributed by atoms with Crippen molar-refractivity contribution in [3.05, 3.63) is 70.8 Å². The van der Waals surface area contributed by atoms with Crippen molar-refractivity contribution in [1.82, 2.24) is 19.7 Å². The molecule has 1 saturated carbocycles. The molecule has 5 rings (SSSR count). The van der Waals surface area contributed by atoms with E-state index in [0.29, 0.717) is 19.0 Å². The first kappa shape index (κ1) is 20.5. The third kappa shape index (κ3) is 4.33. The average Bonchev–Trinajstić information content (AvgIpc) is 3.12. The number of hydrogen-bond donors (Lipinski definition) is 1. The van der Waals surface area contributed by atoms with Crippen LogP contribution in [0.4, 0.5) is 0 Å². The lowest BCUT2D eigenvalue weighted by molar-refractivity contribution is 0.144. The smallest absolute Gasteiger partial charge is 0.151 e. The predicted octanol–water partition coefficient (Wildman–Crippen LogP) is 4.33. The zero-order valence-electron chi connectivity index (χ0n) is 17.5. The Morgan fingerprint density at radius 3 is 2.58 bits per heavy atom. The maximum absolute atomic E-state index is 9.48. The number of aromatic nitrogens is 3. The maximum atomic E-state index is 9.48. The first-order chi connectivity index (χ1) is 15.2. The lowest BCUT2D eigenvalue weighted by Gasteiger charge is -2.29. The van der Waals surface area contributed by atoms with Gasteiger partial charge in [-0.25, -0.2) is 0 Å². The molecule has 0 unspecified atom stereocenters. The van der Waals surface area contributed by atoms with E-state index in [0.717, 1.165) is 65.9 Å². The summed E-state index contributed by atoms with van der Waals surface area (Å²) >= 11 is 6.30. The van der Waals surface area contributed by atoms with Crippen LogP contribution in [0.15, 0.2) is 48.5 Å². The van der Waals surface area contributed by atoms with Crippen LogP contribution in [0, 0.1) is 0 Å². The van der Waals surface area contributed by atoms with Crippen LogP contribution in [0.5, 0.6) is 5.75 Å². The molecule has 1 aliphatic carbocycles. The Balaban J connectivity index is 1.39. The highest BCUT2D eigenvalue weighted by Crippen LogP contribution is 2.37. The topological polar surface area (TPSA) is 63.4 Å². The summed E-state index contributed by atoms with van der Waals surface area (Å²) in [6.45, 7) is 2.10. The van der Waals surface area contributed by atoms with Crippen LogP contribution in [-0.4, -0.2) is 44.0 Å². The fourth-order valence-electron chi connectivity index (χ4n) is 4.79. The minimum Gasteiger partial charge on any atom is -0.490 e. The van der Waals surface area contributed by atoms with Crippen LogP contribution in [-0.2, 0) is 13.1 Å². The second-order valence-corrected chi connectivity index (χ2v) is 8.86. The molecule has 162 valence electrons. The molecule has 6 nitrogen and oxygen atoms in total. The summed E-state index contributed by atoms with van der Waals surface area (Å²) in [5.41, 5.74) is 2.24. The van der Waals surface area contributed by atoms with E-state index in [1.54, 1.807) is 0 Å². The quantitative estimate of drug-likeness (QED) is 0.642. The normalized spacial score (nSPS) is 21.2. The SMILES string of the molecule is OCCN1Cc2cc(Cl)ccc2-n2c(nnc2C2CCC(Oc3ccccc3)CC2)C1. The van der Waals surface area contributed by atoms with E-state index >= 15 is 0 Å². The van der Waals surface area contributed by atoms with Gasteiger partial charge in [-0.15, -0.1) is 10.2 Å². The summed E-state index contributed by atoms with van der Waals surface area (Å²) in [5, 5.41) is 19.4. The van der Waals surface area contributed by atoms with E-state index in [1.165, 1.54) is 0 Å². The Morgan fingerprint density at radius 1 is 1.00 bits per heavy atom. The fraction of sp³-hybridized carbons (Fsp3) is 0.417. The van der Waals surface area contributed by atoms with E-state index in [1.807, 2.05) is 42.5 Å². The number of rotatable bonds is 5. The summed E-state index contributed by atoms with van der Waals surface area (Å²) in [4.78, 5) is 2.19. The molecule has 2 aliphatic rings. The highest BCUT2D eigenvalue weighted by Gasteiger charge is 2.31. The van der Waals surface area contributed by atoms with Gasteiger partial charge in [0.25, 0.3) is 0 Å². The van der Waals surface area contributed by atoms with E-state index in [4.69, 9.17) is 16.3 Å². The minimum absolute atomic E-state index is 0.113. The number of halogens is 1. The number of ether oxygens (including phenoxy) is 1. The van der Waals surface area contributed by atoms with Gasteiger partial charge >= 0.3 is 0 Å². The highest BCUT2D eigenvalue weighted by molar-refractivity contribution is 6.30. The largest absolute Gasteiger partial charge is 0.490 e. The van der Waals surface area contributed by atoms with Crippen molar-refractivity contribution in [2.75, 3.05) is 13.2 Å². The van der Waals surface area contributed by atoms with Gasteiger partial charge in [-0.1, -0.05) is 29.8 Å². The number of aliphatic hydroxyl groups excluding tert-OH is 1. The standard InChI is InChI=1S/C24H27ClN4O2/c25-19-8-11-22-18(14-19)15-28(12-13-30)16-23-26-27-24(29(22)23)17-6-9-21(10-7-17)31-20-4-2-1-3-5-20/h1-5,8,11,14,17,21,30H,6-7,9-10,12-13,15-16H2. The molecule has 0 saturated heterocycles. The third-order valence-electron chi connectivity index (χ3n) is 6.30. The second kappa shape index (κ2) is 8.99. The van der Waals surface area contributed by atoms with Gasteiger partial charge in [0.1, 0.15) is 11.6 Å². The van der Waals surface area contributed by atoms with Crippen LogP contribution < -0.4 is 4.74 Å². The van der Waals surface area contributed by atoms with Crippen LogP contribution in [0.1, 0.15) is 48.8 Å². The Morgan fingerprint density at radius 2 is 1.81 bits per heavy atom. The van der Waals surface area contributed by atoms with E-state index in [2.05, 4.69) is 25.7 Å². The minimum atomic E-state index is 0.113. The summed E-state index contributed by atoms with van der Waals surface area (Å²) in [5.74, 6) is 3.25. The lowest BCUT2D eigenvalue weighted by atomic mass is 9.86. The molecular weight excluding hydrogens is 412 g/mol. The van der Waals surface area contributed by atoms with Gasteiger partial charge in [-0.05, 0) is 61.6 Å². The number of fused-ring (bicyclic) bond motifs is 3. The molecule has 0 radical (unpaired) electrons. The van der Waals surface area contributed by atoms with Gasteiger partial charge in [-0.3, -0.25) is 9.47 Å². The average molecular weight is 439 g/mol. The Labute approximate surface area is 187 Å². The molecule has 31 heavy (non-hydrogen) atoms. The lowest BCUT2D eigenvalue weighted by Crippen LogP contribution is -2.25. The van der Waals surface area contributed by atoms with Crippen molar-refractivity contribution >= 4 is 11.6 Å². The van der Waals surface area contributed by atoms with Gasteiger partial charge in [0.2, 0.25) is 0 Å². The van der Waals surface area contributed by atoms with Crippen molar-refractivity contribution in [3.63, 3.8) is 0 Å². The molecular formula is C24H27ClN4O2. The van der Waals surface area contributed by atoms with E-state index < -0.39 is 0 Å².